The van der Waals surface area contributed by atoms with Crippen molar-refractivity contribution in [3.63, 3.8) is 0 Å². The summed E-state index contributed by atoms with van der Waals surface area (Å²) in [5.41, 5.74) is 1.57. The summed E-state index contributed by atoms with van der Waals surface area (Å²) in [7, 11) is -3.63. The largest absolute Gasteiger partial charge is 0.378 e. The number of morpholine rings is 1. The molecule has 2 aromatic carbocycles. The predicted octanol–water partition coefficient (Wildman–Crippen LogP) is 3.05. The average Bonchev–Trinajstić information content (AvgIpc) is 2.62. The first-order valence-corrected chi connectivity index (χ1v) is 10.2. The number of aryl methyl sites for hydroxylation is 1. The number of hydrogen-bond donors (Lipinski definition) is 1. The van der Waals surface area contributed by atoms with Gasteiger partial charge in [0.1, 0.15) is 0 Å². The molecule has 0 aromatic heterocycles. The van der Waals surface area contributed by atoms with Gasteiger partial charge in [0.05, 0.1) is 23.6 Å². The molecule has 0 unspecified atom stereocenters. The van der Waals surface area contributed by atoms with Gasteiger partial charge in [-0.25, -0.2) is 8.42 Å². The third-order valence-electron chi connectivity index (χ3n) is 4.58. The van der Waals surface area contributed by atoms with Gasteiger partial charge in [-0.2, -0.15) is 4.31 Å². The molecule has 27 heavy (non-hydrogen) atoms. The second kappa shape index (κ2) is 7.42. The highest BCUT2D eigenvalue weighted by Crippen LogP contribution is 2.28. The van der Waals surface area contributed by atoms with Gasteiger partial charge < -0.3 is 10.1 Å². The number of ether oxygens (including phenoxy) is 1. The van der Waals surface area contributed by atoms with E-state index in [1.807, 2.05) is 32.9 Å². The summed E-state index contributed by atoms with van der Waals surface area (Å²) in [4.78, 5) is 12.5. The van der Waals surface area contributed by atoms with Gasteiger partial charge in [0.2, 0.25) is 10.0 Å². The summed E-state index contributed by atoms with van der Waals surface area (Å²) < 4.78 is 32.8. The number of carbonyl (C=O) groups excluding carboxylic acids is 1. The fraction of sp³-hybridized carbons (Fsp3) is 0.350. The monoisotopic (exact) mass is 388 g/mol. The quantitative estimate of drug-likeness (QED) is 0.873. The van der Waals surface area contributed by atoms with Crippen molar-refractivity contribution in [1.29, 1.82) is 0 Å². The van der Waals surface area contributed by atoms with Gasteiger partial charge in [0, 0.05) is 17.8 Å². The molecule has 1 N–H and O–H groups in total. The minimum Gasteiger partial charge on any atom is -0.378 e. The molecule has 0 atom stereocenters. The highest BCUT2D eigenvalue weighted by atomic mass is 32.2. The summed E-state index contributed by atoms with van der Waals surface area (Å²) in [6.07, 6.45) is 0. The van der Waals surface area contributed by atoms with E-state index in [0.29, 0.717) is 31.0 Å². The number of carbonyl (C=O) groups is 1. The van der Waals surface area contributed by atoms with Crippen molar-refractivity contribution in [1.82, 2.24) is 4.31 Å². The Labute approximate surface area is 160 Å². The minimum absolute atomic E-state index is 0.200. The van der Waals surface area contributed by atoms with Gasteiger partial charge in [-0.15, -0.1) is 0 Å². The molecule has 1 saturated heterocycles. The van der Waals surface area contributed by atoms with Crippen LogP contribution in [0.1, 0.15) is 29.8 Å². The second-order valence-corrected chi connectivity index (χ2v) is 9.15. The van der Waals surface area contributed by atoms with Crippen LogP contribution in [0, 0.1) is 6.92 Å². The van der Waals surface area contributed by atoms with Gasteiger partial charge in [-0.05, 0) is 57.2 Å². The standard InChI is InChI=1S/C20H24N2O4S/c1-15-4-6-16(7-5-15)19(23)21-17-8-10-18(11-9-17)27(24,25)22-12-13-26-14-20(22,2)3/h4-11H,12-14H2,1-3H3,(H,21,23). The zero-order valence-electron chi connectivity index (χ0n) is 15.7. The Bertz CT molecular complexity index is 919. The molecule has 1 aliphatic rings. The molecular formula is C20H24N2O4S. The van der Waals surface area contributed by atoms with E-state index in [1.54, 1.807) is 24.3 Å². The number of rotatable bonds is 4. The molecule has 1 fully saturated rings. The van der Waals surface area contributed by atoms with Crippen LogP contribution in [-0.4, -0.2) is 43.9 Å². The minimum atomic E-state index is -3.63. The fourth-order valence-corrected chi connectivity index (χ4v) is 4.79. The first kappa shape index (κ1) is 19.5. The maximum atomic E-state index is 13.0. The summed E-state index contributed by atoms with van der Waals surface area (Å²) >= 11 is 0. The van der Waals surface area contributed by atoms with Crippen LogP contribution < -0.4 is 5.32 Å². The Balaban J connectivity index is 1.76. The van der Waals surface area contributed by atoms with Crippen LogP contribution in [0.3, 0.4) is 0 Å². The molecule has 0 saturated carbocycles. The van der Waals surface area contributed by atoms with Crippen molar-refractivity contribution in [3.8, 4) is 0 Å². The van der Waals surface area contributed by atoms with Gasteiger partial charge in [0.25, 0.3) is 5.91 Å². The molecule has 2 aromatic rings. The molecule has 0 bridgehead atoms. The number of amides is 1. The molecular weight excluding hydrogens is 364 g/mol. The number of sulfonamides is 1. The molecule has 1 heterocycles. The maximum absolute atomic E-state index is 13.0. The number of hydrogen-bond acceptors (Lipinski definition) is 4. The lowest BCUT2D eigenvalue weighted by Gasteiger charge is -2.40. The van der Waals surface area contributed by atoms with E-state index in [1.165, 1.54) is 16.4 Å². The smallest absolute Gasteiger partial charge is 0.255 e. The van der Waals surface area contributed by atoms with Gasteiger partial charge in [-0.3, -0.25) is 4.79 Å². The molecule has 1 aliphatic heterocycles. The Morgan fingerprint density at radius 3 is 2.30 bits per heavy atom. The van der Waals surface area contributed by atoms with Crippen LogP contribution in [0.2, 0.25) is 0 Å². The van der Waals surface area contributed by atoms with Crippen LogP contribution in [0.25, 0.3) is 0 Å². The van der Waals surface area contributed by atoms with E-state index in [-0.39, 0.29) is 10.8 Å². The van der Waals surface area contributed by atoms with Crippen LogP contribution in [0.5, 0.6) is 0 Å². The van der Waals surface area contributed by atoms with E-state index in [0.717, 1.165) is 5.56 Å². The van der Waals surface area contributed by atoms with Crippen molar-refractivity contribution in [2.45, 2.75) is 31.2 Å². The molecule has 0 spiro atoms. The topological polar surface area (TPSA) is 75.7 Å². The number of nitrogens with zero attached hydrogens (tertiary/aromatic N) is 1. The first-order valence-electron chi connectivity index (χ1n) is 8.79. The van der Waals surface area contributed by atoms with Crippen LogP contribution in [-0.2, 0) is 14.8 Å². The van der Waals surface area contributed by atoms with Crippen LogP contribution >= 0.6 is 0 Å². The highest BCUT2D eigenvalue weighted by Gasteiger charge is 2.39. The van der Waals surface area contributed by atoms with Crippen LogP contribution in [0.4, 0.5) is 5.69 Å². The Kier molecular flexibility index (Phi) is 5.37. The molecule has 7 heteroatoms. The average molecular weight is 388 g/mol. The van der Waals surface area contributed by atoms with E-state index in [2.05, 4.69) is 5.32 Å². The molecule has 1 amide bonds. The molecule has 6 nitrogen and oxygen atoms in total. The Hall–Kier alpha value is -2.22. The van der Waals surface area contributed by atoms with Gasteiger partial charge >= 0.3 is 0 Å². The molecule has 0 radical (unpaired) electrons. The summed E-state index contributed by atoms with van der Waals surface area (Å²) in [6, 6.07) is 13.5. The van der Waals surface area contributed by atoms with Gasteiger partial charge in [-0.1, -0.05) is 17.7 Å². The number of benzene rings is 2. The zero-order chi connectivity index (χ0) is 19.7. The second-order valence-electron chi connectivity index (χ2n) is 7.29. The van der Waals surface area contributed by atoms with Crippen molar-refractivity contribution in [2.75, 3.05) is 25.1 Å². The number of anilines is 1. The Morgan fingerprint density at radius 2 is 1.70 bits per heavy atom. The van der Waals surface area contributed by atoms with E-state index in [9.17, 15) is 13.2 Å². The maximum Gasteiger partial charge on any atom is 0.255 e. The van der Waals surface area contributed by atoms with Crippen molar-refractivity contribution in [2.24, 2.45) is 0 Å². The number of nitrogens with one attached hydrogen (secondary N) is 1. The predicted molar refractivity (Wildman–Crippen MR) is 104 cm³/mol. The highest BCUT2D eigenvalue weighted by molar-refractivity contribution is 7.89. The summed E-state index contributed by atoms with van der Waals surface area (Å²) in [5.74, 6) is -0.236. The van der Waals surface area contributed by atoms with Crippen LogP contribution in [0.15, 0.2) is 53.4 Å². The first-order chi connectivity index (χ1) is 12.7. The molecule has 144 valence electrons. The SMILES string of the molecule is Cc1ccc(C(=O)Nc2ccc(S(=O)(=O)N3CCOCC3(C)C)cc2)cc1. The fourth-order valence-electron chi connectivity index (χ4n) is 3.04. The van der Waals surface area contributed by atoms with Crippen molar-refractivity contribution < 1.29 is 17.9 Å². The summed E-state index contributed by atoms with van der Waals surface area (Å²) in [5, 5.41) is 2.78. The lowest BCUT2D eigenvalue weighted by molar-refractivity contribution is -0.00770. The lowest BCUT2D eigenvalue weighted by atomic mass is 10.1. The third-order valence-corrected chi connectivity index (χ3v) is 6.71. The van der Waals surface area contributed by atoms with E-state index < -0.39 is 15.6 Å². The Morgan fingerprint density at radius 1 is 1.07 bits per heavy atom. The third kappa shape index (κ3) is 4.21. The normalized spacial score (nSPS) is 17.4. The zero-order valence-corrected chi connectivity index (χ0v) is 16.5. The van der Waals surface area contributed by atoms with E-state index in [4.69, 9.17) is 4.74 Å². The van der Waals surface area contributed by atoms with E-state index >= 15 is 0 Å². The molecule has 0 aliphatic carbocycles. The van der Waals surface area contributed by atoms with Gasteiger partial charge in [0.15, 0.2) is 0 Å². The molecule has 3 rings (SSSR count). The van der Waals surface area contributed by atoms with Crippen molar-refractivity contribution in [3.05, 3.63) is 59.7 Å². The van der Waals surface area contributed by atoms with Crippen molar-refractivity contribution >= 4 is 21.6 Å². The summed E-state index contributed by atoms with van der Waals surface area (Å²) in [6.45, 7) is 6.71. The lowest BCUT2D eigenvalue weighted by Crippen LogP contribution is -2.55.